The van der Waals surface area contributed by atoms with Gasteiger partial charge in [0.15, 0.2) is 5.82 Å². The summed E-state index contributed by atoms with van der Waals surface area (Å²) in [6.07, 6.45) is -4.44. The Morgan fingerprint density at radius 3 is 2.46 bits per heavy atom. The van der Waals surface area contributed by atoms with Gasteiger partial charge in [0, 0.05) is 5.69 Å². The SMILES string of the molecule is C[C@H](Sc1n[nH]c(-c2ccccc2F)n1)C(=O)Nc1ccc(C(F)(F)F)cc1. The molecule has 3 rings (SSSR count). The molecule has 2 N–H and O–H groups in total. The maximum absolute atomic E-state index is 13.8. The summed E-state index contributed by atoms with van der Waals surface area (Å²) in [5.41, 5.74) is -0.300. The van der Waals surface area contributed by atoms with E-state index in [-0.39, 0.29) is 22.2 Å². The van der Waals surface area contributed by atoms with Crippen LogP contribution in [0.1, 0.15) is 12.5 Å². The Morgan fingerprint density at radius 2 is 1.82 bits per heavy atom. The summed E-state index contributed by atoms with van der Waals surface area (Å²) in [4.78, 5) is 16.4. The molecule has 1 amide bonds. The number of anilines is 1. The van der Waals surface area contributed by atoms with Gasteiger partial charge in [0.1, 0.15) is 5.82 Å². The molecule has 0 saturated heterocycles. The summed E-state index contributed by atoms with van der Waals surface area (Å²) in [6, 6.07) is 10.2. The normalized spacial score (nSPS) is 12.6. The molecule has 0 radical (unpaired) electrons. The fourth-order valence-electron chi connectivity index (χ4n) is 2.27. The highest BCUT2D eigenvalue weighted by atomic mass is 32.2. The number of aromatic nitrogens is 3. The third-order valence-corrected chi connectivity index (χ3v) is 4.69. The second-order valence-corrected chi connectivity index (χ2v) is 7.08. The first-order valence-corrected chi connectivity index (χ1v) is 8.94. The van der Waals surface area contributed by atoms with Gasteiger partial charge < -0.3 is 5.32 Å². The van der Waals surface area contributed by atoms with Crippen molar-refractivity contribution in [1.29, 1.82) is 0 Å². The zero-order chi connectivity index (χ0) is 20.3. The lowest BCUT2D eigenvalue weighted by atomic mass is 10.2. The predicted octanol–water partition coefficient (Wildman–Crippen LogP) is 4.75. The van der Waals surface area contributed by atoms with Crippen molar-refractivity contribution in [3.8, 4) is 11.4 Å². The molecule has 1 aromatic heterocycles. The van der Waals surface area contributed by atoms with E-state index in [0.717, 1.165) is 23.9 Å². The lowest BCUT2D eigenvalue weighted by Gasteiger charge is -2.11. The number of halogens is 4. The molecule has 0 fully saturated rings. The fraction of sp³-hybridized carbons (Fsp3) is 0.167. The van der Waals surface area contributed by atoms with E-state index >= 15 is 0 Å². The second-order valence-electron chi connectivity index (χ2n) is 5.77. The van der Waals surface area contributed by atoms with Crippen LogP contribution in [0.4, 0.5) is 23.2 Å². The summed E-state index contributed by atoms with van der Waals surface area (Å²) < 4.78 is 51.5. The minimum atomic E-state index is -4.44. The van der Waals surface area contributed by atoms with Crippen LogP contribution in [0.15, 0.2) is 53.7 Å². The van der Waals surface area contributed by atoms with Gasteiger partial charge in [-0.25, -0.2) is 9.37 Å². The van der Waals surface area contributed by atoms with Crippen molar-refractivity contribution in [2.45, 2.75) is 23.5 Å². The van der Waals surface area contributed by atoms with Crippen molar-refractivity contribution in [3.63, 3.8) is 0 Å². The fourth-order valence-corrected chi connectivity index (χ4v) is 3.00. The quantitative estimate of drug-likeness (QED) is 0.471. The number of benzene rings is 2. The number of carbonyl (C=O) groups excluding carboxylic acids is 1. The molecule has 0 aliphatic carbocycles. The number of carbonyl (C=O) groups is 1. The zero-order valence-corrected chi connectivity index (χ0v) is 15.2. The summed E-state index contributed by atoms with van der Waals surface area (Å²) >= 11 is 1.03. The average molecular weight is 410 g/mol. The molecule has 0 spiro atoms. The van der Waals surface area contributed by atoms with E-state index in [9.17, 15) is 22.4 Å². The summed E-state index contributed by atoms with van der Waals surface area (Å²) in [7, 11) is 0. The third-order valence-electron chi connectivity index (χ3n) is 3.73. The van der Waals surface area contributed by atoms with Crippen LogP contribution in [-0.4, -0.2) is 26.3 Å². The molecule has 0 saturated carbocycles. The van der Waals surface area contributed by atoms with Gasteiger partial charge in [0.05, 0.1) is 16.4 Å². The molecule has 0 aliphatic rings. The number of rotatable bonds is 5. The molecular weight excluding hydrogens is 396 g/mol. The highest BCUT2D eigenvalue weighted by Gasteiger charge is 2.30. The van der Waals surface area contributed by atoms with Gasteiger partial charge in [-0.2, -0.15) is 13.2 Å². The second kappa shape index (κ2) is 8.01. The molecule has 0 unspecified atom stereocenters. The highest BCUT2D eigenvalue weighted by Crippen LogP contribution is 2.30. The number of amides is 1. The number of hydrogen-bond acceptors (Lipinski definition) is 4. The first kappa shape index (κ1) is 19.9. The van der Waals surface area contributed by atoms with Crippen LogP contribution in [0.3, 0.4) is 0 Å². The lowest BCUT2D eigenvalue weighted by Crippen LogP contribution is -2.22. The van der Waals surface area contributed by atoms with E-state index in [2.05, 4.69) is 20.5 Å². The third kappa shape index (κ3) is 4.69. The number of hydrogen-bond donors (Lipinski definition) is 2. The number of nitrogens with zero attached hydrogens (tertiary/aromatic N) is 2. The molecule has 0 bridgehead atoms. The summed E-state index contributed by atoms with van der Waals surface area (Å²) in [5.74, 6) is -0.652. The van der Waals surface area contributed by atoms with Gasteiger partial charge in [-0.3, -0.25) is 9.89 Å². The maximum Gasteiger partial charge on any atom is 0.416 e. The monoisotopic (exact) mass is 410 g/mol. The summed E-state index contributed by atoms with van der Waals surface area (Å²) in [6.45, 7) is 1.60. The molecule has 28 heavy (non-hydrogen) atoms. The Kier molecular flexibility index (Phi) is 5.68. The van der Waals surface area contributed by atoms with Crippen molar-refractivity contribution < 1.29 is 22.4 Å². The van der Waals surface area contributed by atoms with Gasteiger partial charge in [0.25, 0.3) is 0 Å². The largest absolute Gasteiger partial charge is 0.416 e. The van der Waals surface area contributed by atoms with Gasteiger partial charge in [-0.05, 0) is 43.3 Å². The van der Waals surface area contributed by atoms with E-state index in [0.29, 0.717) is 0 Å². The van der Waals surface area contributed by atoms with Crippen LogP contribution in [0.2, 0.25) is 0 Å². The molecule has 0 aliphatic heterocycles. The van der Waals surface area contributed by atoms with Crippen molar-refractivity contribution in [2.75, 3.05) is 5.32 Å². The van der Waals surface area contributed by atoms with Crippen LogP contribution in [0.25, 0.3) is 11.4 Å². The van der Waals surface area contributed by atoms with E-state index in [1.165, 1.54) is 18.2 Å². The molecular formula is C18H14F4N4OS. The Balaban J connectivity index is 1.63. The van der Waals surface area contributed by atoms with Gasteiger partial charge >= 0.3 is 6.18 Å². The lowest BCUT2D eigenvalue weighted by molar-refractivity contribution is -0.137. The minimum absolute atomic E-state index is 0.232. The van der Waals surface area contributed by atoms with Gasteiger partial charge in [0.2, 0.25) is 11.1 Å². The Labute approximate surface area is 161 Å². The number of aromatic amines is 1. The van der Waals surface area contributed by atoms with E-state index in [1.807, 2.05) is 0 Å². The zero-order valence-electron chi connectivity index (χ0n) is 14.4. The van der Waals surface area contributed by atoms with Crippen LogP contribution in [0, 0.1) is 5.82 Å². The van der Waals surface area contributed by atoms with Crippen molar-refractivity contribution >= 4 is 23.4 Å². The number of H-pyrrole nitrogens is 1. The molecule has 146 valence electrons. The molecule has 1 heterocycles. The molecule has 1 atom stereocenters. The number of thioether (sulfide) groups is 1. The van der Waals surface area contributed by atoms with E-state index in [4.69, 9.17) is 0 Å². The van der Waals surface area contributed by atoms with Crippen molar-refractivity contribution in [3.05, 3.63) is 59.9 Å². The van der Waals surface area contributed by atoms with Gasteiger partial charge in [-0.1, -0.05) is 23.9 Å². The molecule has 2 aromatic carbocycles. The van der Waals surface area contributed by atoms with Crippen molar-refractivity contribution in [2.24, 2.45) is 0 Å². The Bertz CT molecular complexity index is 972. The first-order valence-electron chi connectivity index (χ1n) is 8.06. The topological polar surface area (TPSA) is 70.7 Å². The maximum atomic E-state index is 13.8. The first-order chi connectivity index (χ1) is 13.2. The molecule has 5 nitrogen and oxygen atoms in total. The number of alkyl halides is 3. The predicted molar refractivity (Wildman–Crippen MR) is 97.2 cm³/mol. The van der Waals surface area contributed by atoms with Crippen LogP contribution < -0.4 is 5.32 Å². The molecule has 10 heteroatoms. The van der Waals surface area contributed by atoms with E-state index in [1.54, 1.807) is 25.1 Å². The summed E-state index contributed by atoms with van der Waals surface area (Å²) in [5, 5.41) is 8.72. The average Bonchev–Trinajstić information content (AvgIpc) is 3.10. The Morgan fingerprint density at radius 1 is 1.14 bits per heavy atom. The van der Waals surface area contributed by atoms with Crippen LogP contribution >= 0.6 is 11.8 Å². The Hall–Kier alpha value is -2.88. The number of nitrogens with one attached hydrogen (secondary N) is 2. The smallest absolute Gasteiger partial charge is 0.325 e. The van der Waals surface area contributed by atoms with Crippen LogP contribution in [-0.2, 0) is 11.0 Å². The molecule has 3 aromatic rings. The van der Waals surface area contributed by atoms with Crippen molar-refractivity contribution in [1.82, 2.24) is 15.2 Å². The highest BCUT2D eigenvalue weighted by molar-refractivity contribution is 8.00. The van der Waals surface area contributed by atoms with Crippen LogP contribution in [0.5, 0.6) is 0 Å². The minimum Gasteiger partial charge on any atom is -0.325 e. The standard InChI is InChI=1S/C18H14F4N4OS/c1-10(16(27)23-12-8-6-11(7-9-12)18(20,21)22)28-17-24-15(25-26-17)13-4-2-3-5-14(13)19/h2-10H,1H3,(H,23,27)(H,24,25,26)/t10-/m0/s1. The van der Waals surface area contributed by atoms with Gasteiger partial charge in [-0.15, -0.1) is 5.10 Å². The van der Waals surface area contributed by atoms with E-state index < -0.39 is 28.7 Å².